The van der Waals surface area contributed by atoms with E-state index >= 15 is 0 Å². The van der Waals surface area contributed by atoms with Crippen molar-refractivity contribution in [3.63, 3.8) is 0 Å². The molecule has 0 bridgehead atoms. The van der Waals surface area contributed by atoms with Crippen LogP contribution < -0.4 is 0 Å². The van der Waals surface area contributed by atoms with Crippen LogP contribution in [0.1, 0.15) is 46.0 Å². The Balaban J connectivity index is 2.35. The molecule has 2 nitrogen and oxygen atoms in total. The third-order valence-electron chi connectivity index (χ3n) is 3.35. The number of nitrogens with zero attached hydrogens (tertiary/aromatic N) is 1. The van der Waals surface area contributed by atoms with Gasteiger partial charge in [0.15, 0.2) is 0 Å². The van der Waals surface area contributed by atoms with Gasteiger partial charge in [-0.05, 0) is 32.7 Å². The summed E-state index contributed by atoms with van der Waals surface area (Å²) in [7, 11) is 2.02. The molecule has 0 aromatic carbocycles. The number of piperidine rings is 1. The van der Waals surface area contributed by atoms with Gasteiger partial charge in [-0.15, -0.1) is 0 Å². The summed E-state index contributed by atoms with van der Waals surface area (Å²) in [4.78, 5) is 2.09. The molecule has 1 rings (SSSR count). The van der Waals surface area contributed by atoms with Crippen molar-refractivity contribution in [1.29, 1.82) is 0 Å². The molecule has 2 heteroatoms. The highest BCUT2D eigenvalue weighted by Gasteiger charge is 2.28. The van der Waals surface area contributed by atoms with Crippen molar-refractivity contribution in [2.45, 2.75) is 58.2 Å². The second-order valence-corrected chi connectivity index (χ2v) is 4.47. The fourth-order valence-corrected chi connectivity index (χ4v) is 2.23. The quantitative estimate of drug-likeness (QED) is 0.729. The summed E-state index contributed by atoms with van der Waals surface area (Å²) in [5.74, 6) is 0.751. The van der Waals surface area contributed by atoms with E-state index in [1.165, 1.54) is 25.7 Å². The second-order valence-electron chi connectivity index (χ2n) is 4.47. The summed E-state index contributed by atoms with van der Waals surface area (Å²) in [6.45, 7) is 4.44. The van der Waals surface area contributed by atoms with Gasteiger partial charge in [-0.2, -0.15) is 0 Å². The zero-order valence-corrected chi connectivity index (χ0v) is 9.16. The molecule has 1 fully saturated rings. The molecule has 0 unspecified atom stereocenters. The van der Waals surface area contributed by atoms with Crippen LogP contribution in [0, 0.1) is 5.92 Å². The van der Waals surface area contributed by atoms with Crippen molar-refractivity contribution in [3.05, 3.63) is 0 Å². The van der Waals surface area contributed by atoms with Gasteiger partial charge in [-0.1, -0.05) is 26.2 Å². The lowest BCUT2D eigenvalue weighted by atomic mass is 9.87. The van der Waals surface area contributed by atoms with Crippen molar-refractivity contribution in [2.75, 3.05) is 7.05 Å². The van der Waals surface area contributed by atoms with Crippen molar-refractivity contribution in [2.24, 2.45) is 5.92 Å². The second kappa shape index (κ2) is 4.97. The van der Waals surface area contributed by atoms with E-state index in [1.54, 1.807) is 0 Å². The van der Waals surface area contributed by atoms with Crippen LogP contribution in [0.2, 0.25) is 0 Å². The van der Waals surface area contributed by atoms with Crippen molar-refractivity contribution in [3.8, 4) is 0 Å². The predicted molar refractivity (Wildman–Crippen MR) is 55.5 cm³/mol. The van der Waals surface area contributed by atoms with Gasteiger partial charge < -0.3 is 5.11 Å². The van der Waals surface area contributed by atoms with Crippen LogP contribution in [-0.2, 0) is 0 Å². The first-order valence-corrected chi connectivity index (χ1v) is 5.55. The van der Waals surface area contributed by atoms with Crippen molar-refractivity contribution >= 4 is 0 Å². The predicted octanol–water partition coefficient (Wildman–Crippen LogP) is 2.23. The molecule has 0 spiro atoms. The van der Waals surface area contributed by atoms with Gasteiger partial charge in [0.25, 0.3) is 0 Å². The van der Waals surface area contributed by atoms with Crippen LogP contribution >= 0.6 is 0 Å². The third kappa shape index (κ3) is 2.96. The highest BCUT2D eigenvalue weighted by atomic mass is 16.3. The molecule has 78 valence electrons. The Bertz CT molecular complexity index is 137. The summed E-state index contributed by atoms with van der Waals surface area (Å²) in [6, 6.07) is 0.547. The molecule has 0 saturated carbocycles. The minimum absolute atomic E-state index is 0.203. The van der Waals surface area contributed by atoms with Gasteiger partial charge in [0.1, 0.15) is 6.23 Å². The molecule has 1 N–H and O–H groups in total. The summed E-state index contributed by atoms with van der Waals surface area (Å²) >= 11 is 0. The maximum absolute atomic E-state index is 9.74. The number of aliphatic hydroxyl groups excluding tert-OH is 1. The minimum Gasteiger partial charge on any atom is -0.378 e. The molecule has 3 atom stereocenters. The molecule has 1 aliphatic heterocycles. The van der Waals surface area contributed by atoms with E-state index in [0.717, 1.165) is 12.3 Å². The first-order valence-electron chi connectivity index (χ1n) is 5.55. The number of hydrogen-bond donors (Lipinski definition) is 1. The first kappa shape index (κ1) is 11.0. The molecule has 13 heavy (non-hydrogen) atoms. The fraction of sp³-hybridized carbons (Fsp3) is 1.00. The summed E-state index contributed by atoms with van der Waals surface area (Å²) in [5, 5.41) is 9.74. The lowest BCUT2D eigenvalue weighted by Gasteiger charge is -2.39. The number of aliphatic hydroxyl groups is 1. The Morgan fingerprint density at radius 1 is 1.38 bits per heavy atom. The largest absolute Gasteiger partial charge is 0.378 e. The normalized spacial score (nSPS) is 36.5. The minimum atomic E-state index is -0.203. The Hall–Kier alpha value is -0.0800. The van der Waals surface area contributed by atoms with Gasteiger partial charge in [-0.25, -0.2) is 0 Å². The van der Waals surface area contributed by atoms with Gasteiger partial charge in [0.2, 0.25) is 0 Å². The van der Waals surface area contributed by atoms with E-state index in [4.69, 9.17) is 0 Å². The molecule has 1 heterocycles. The molecule has 0 aliphatic carbocycles. The fourth-order valence-electron chi connectivity index (χ4n) is 2.23. The number of unbranched alkanes of at least 4 members (excludes halogenated alkanes) is 1. The third-order valence-corrected chi connectivity index (χ3v) is 3.35. The van der Waals surface area contributed by atoms with E-state index in [2.05, 4.69) is 18.7 Å². The Morgan fingerprint density at radius 3 is 2.62 bits per heavy atom. The summed E-state index contributed by atoms with van der Waals surface area (Å²) in [5.41, 5.74) is 0. The summed E-state index contributed by atoms with van der Waals surface area (Å²) in [6.07, 6.45) is 5.91. The molecule has 1 saturated heterocycles. The number of likely N-dealkylation sites (tertiary alicyclic amines) is 1. The molecule has 1 aliphatic rings. The number of hydrogen-bond acceptors (Lipinski definition) is 2. The lowest BCUT2D eigenvalue weighted by molar-refractivity contribution is -0.0550. The molecule has 0 aromatic heterocycles. The highest BCUT2D eigenvalue weighted by molar-refractivity contribution is 4.79. The van der Waals surface area contributed by atoms with Gasteiger partial charge in [0.05, 0.1) is 0 Å². The van der Waals surface area contributed by atoms with Gasteiger partial charge >= 0.3 is 0 Å². The standard InChI is InChI=1S/C11H23NO/c1-4-5-6-10-7-9(2)12(3)11(13)8-10/h9-11,13H,4-8H2,1-3H3/t9-,10-,11+/m1/s1. The molecule has 0 aromatic rings. The van der Waals surface area contributed by atoms with Crippen LogP contribution in [-0.4, -0.2) is 29.3 Å². The van der Waals surface area contributed by atoms with Crippen LogP contribution in [0.15, 0.2) is 0 Å². The topological polar surface area (TPSA) is 23.5 Å². The first-order chi connectivity index (χ1) is 6.15. The van der Waals surface area contributed by atoms with E-state index in [-0.39, 0.29) is 6.23 Å². The Labute approximate surface area is 81.9 Å². The Kier molecular flexibility index (Phi) is 4.20. The maximum Gasteiger partial charge on any atom is 0.107 e. The average molecular weight is 185 g/mol. The van der Waals surface area contributed by atoms with E-state index in [0.29, 0.717) is 6.04 Å². The van der Waals surface area contributed by atoms with Crippen molar-refractivity contribution < 1.29 is 5.11 Å². The van der Waals surface area contributed by atoms with Gasteiger partial charge in [0, 0.05) is 6.04 Å². The summed E-state index contributed by atoms with van der Waals surface area (Å²) < 4.78 is 0. The monoisotopic (exact) mass is 185 g/mol. The molecule has 0 radical (unpaired) electrons. The van der Waals surface area contributed by atoms with Gasteiger partial charge in [-0.3, -0.25) is 4.90 Å². The van der Waals surface area contributed by atoms with Crippen LogP contribution in [0.25, 0.3) is 0 Å². The van der Waals surface area contributed by atoms with E-state index < -0.39 is 0 Å². The zero-order valence-electron chi connectivity index (χ0n) is 9.16. The molecular weight excluding hydrogens is 162 g/mol. The maximum atomic E-state index is 9.74. The van der Waals surface area contributed by atoms with Crippen molar-refractivity contribution in [1.82, 2.24) is 4.90 Å². The Morgan fingerprint density at radius 2 is 2.08 bits per heavy atom. The van der Waals surface area contributed by atoms with Crippen LogP contribution in [0.4, 0.5) is 0 Å². The number of rotatable bonds is 3. The van der Waals surface area contributed by atoms with Crippen LogP contribution in [0.3, 0.4) is 0 Å². The lowest BCUT2D eigenvalue weighted by Crippen LogP contribution is -2.45. The van der Waals surface area contributed by atoms with E-state index in [9.17, 15) is 5.11 Å². The van der Waals surface area contributed by atoms with Crippen LogP contribution in [0.5, 0.6) is 0 Å². The highest BCUT2D eigenvalue weighted by Crippen LogP contribution is 2.28. The zero-order chi connectivity index (χ0) is 9.84. The molecule has 0 amide bonds. The van der Waals surface area contributed by atoms with E-state index in [1.807, 2.05) is 7.05 Å². The average Bonchev–Trinajstić information content (AvgIpc) is 2.10. The SMILES string of the molecule is CCCC[C@@H]1C[C@@H](C)N(C)[C@@H](O)C1. The smallest absolute Gasteiger partial charge is 0.107 e. The molecular formula is C11H23NO.